The molecular weight excluding hydrogens is 282 g/mol. The number of aliphatic imine (C=N–C) groups is 2. The van der Waals surface area contributed by atoms with E-state index in [9.17, 15) is 14.4 Å². The Morgan fingerprint density at radius 1 is 1.09 bits per heavy atom. The van der Waals surface area contributed by atoms with E-state index in [0.29, 0.717) is 16.9 Å². The molecule has 6 nitrogen and oxygen atoms in total. The van der Waals surface area contributed by atoms with Crippen molar-refractivity contribution in [2.75, 3.05) is 5.32 Å². The predicted molar refractivity (Wildman–Crippen MR) is 82.2 cm³/mol. The first-order valence-corrected chi connectivity index (χ1v) is 6.55. The summed E-state index contributed by atoms with van der Waals surface area (Å²) in [6.07, 6.45) is 3.99. The summed E-state index contributed by atoms with van der Waals surface area (Å²) >= 11 is 0. The highest BCUT2D eigenvalue weighted by Crippen LogP contribution is 2.19. The van der Waals surface area contributed by atoms with E-state index in [1.54, 1.807) is 24.3 Å². The minimum atomic E-state index is -0.488. The number of hydrogen-bond acceptors (Lipinski definition) is 5. The Labute approximate surface area is 126 Å². The first-order valence-electron chi connectivity index (χ1n) is 6.55. The van der Waals surface area contributed by atoms with Gasteiger partial charge in [0.2, 0.25) is 5.78 Å². The SMILES string of the molecule is CC(=O)c1ccc(NC2=CC(=O)C3=NC=NC(=O)C3=C2)cc1. The second-order valence-electron chi connectivity index (χ2n) is 4.81. The van der Waals surface area contributed by atoms with Crippen LogP contribution in [-0.4, -0.2) is 29.5 Å². The molecule has 1 amide bonds. The van der Waals surface area contributed by atoms with Crippen molar-refractivity contribution in [3.8, 4) is 0 Å². The third-order valence-electron chi connectivity index (χ3n) is 3.25. The number of nitrogens with zero attached hydrogens (tertiary/aromatic N) is 2. The monoisotopic (exact) mass is 293 g/mol. The van der Waals surface area contributed by atoms with E-state index in [2.05, 4.69) is 15.3 Å². The minimum absolute atomic E-state index is 0.0211. The Hall–Kier alpha value is -3.15. The molecule has 0 unspecified atom stereocenters. The molecule has 1 aromatic carbocycles. The number of allylic oxidation sites excluding steroid dienone is 2. The van der Waals surface area contributed by atoms with Crippen molar-refractivity contribution >= 4 is 35.2 Å². The second-order valence-corrected chi connectivity index (χ2v) is 4.81. The summed E-state index contributed by atoms with van der Waals surface area (Å²) < 4.78 is 0. The van der Waals surface area contributed by atoms with Gasteiger partial charge < -0.3 is 5.32 Å². The molecule has 0 saturated heterocycles. The Morgan fingerprint density at radius 3 is 2.50 bits per heavy atom. The summed E-state index contributed by atoms with van der Waals surface area (Å²) in [5.74, 6) is -0.857. The van der Waals surface area contributed by atoms with Crippen LogP contribution in [0.5, 0.6) is 0 Å². The molecule has 108 valence electrons. The van der Waals surface area contributed by atoms with Crippen LogP contribution in [0.25, 0.3) is 0 Å². The minimum Gasteiger partial charge on any atom is -0.355 e. The van der Waals surface area contributed by atoms with Crippen LogP contribution in [0.15, 0.2) is 57.7 Å². The van der Waals surface area contributed by atoms with Crippen molar-refractivity contribution < 1.29 is 14.4 Å². The maximum absolute atomic E-state index is 12.0. The summed E-state index contributed by atoms with van der Waals surface area (Å²) in [6, 6.07) is 6.83. The van der Waals surface area contributed by atoms with Crippen molar-refractivity contribution in [3.05, 3.63) is 53.3 Å². The molecule has 1 heterocycles. The molecular formula is C16H11N3O3. The smallest absolute Gasteiger partial charge is 0.280 e. The maximum atomic E-state index is 12.0. The molecule has 1 aliphatic carbocycles. The van der Waals surface area contributed by atoms with Crippen molar-refractivity contribution in [1.29, 1.82) is 0 Å². The van der Waals surface area contributed by atoms with E-state index in [4.69, 9.17) is 0 Å². The number of hydrogen-bond donors (Lipinski definition) is 1. The lowest BCUT2D eigenvalue weighted by atomic mass is 9.98. The van der Waals surface area contributed by atoms with E-state index in [1.807, 2.05) is 0 Å². The largest absolute Gasteiger partial charge is 0.355 e. The van der Waals surface area contributed by atoms with Crippen molar-refractivity contribution in [3.63, 3.8) is 0 Å². The van der Waals surface area contributed by atoms with Gasteiger partial charge in [0.15, 0.2) is 5.78 Å². The van der Waals surface area contributed by atoms with Gasteiger partial charge in [-0.2, -0.15) is 4.99 Å². The van der Waals surface area contributed by atoms with Gasteiger partial charge in [0.05, 0.1) is 5.57 Å². The number of nitrogens with one attached hydrogen (secondary N) is 1. The van der Waals surface area contributed by atoms with Gasteiger partial charge in [-0.05, 0) is 37.3 Å². The lowest BCUT2D eigenvalue weighted by Gasteiger charge is -2.16. The molecule has 2 aliphatic rings. The van der Waals surface area contributed by atoms with Gasteiger partial charge >= 0.3 is 0 Å². The molecule has 1 N–H and O–H groups in total. The van der Waals surface area contributed by atoms with E-state index in [0.717, 1.165) is 6.34 Å². The molecule has 0 atom stereocenters. The summed E-state index contributed by atoms with van der Waals surface area (Å²) in [5, 5.41) is 3.02. The lowest BCUT2D eigenvalue weighted by molar-refractivity contribution is -0.114. The van der Waals surface area contributed by atoms with Crippen LogP contribution < -0.4 is 5.32 Å². The quantitative estimate of drug-likeness (QED) is 0.678. The zero-order chi connectivity index (χ0) is 15.7. The molecule has 22 heavy (non-hydrogen) atoms. The van der Waals surface area contributed by atoms with Gasteiger partial charge in [0, 0.05) is 23.0 Å². The molecule has 1 aromatic rings. The van der Waals surface area contributed by atoms with Gasteiger partial charge in [0.1, 0.15) is 12.1 Å². The fourth-order valence-electron chi connectivity index (χ4n) is 2.14. The van der Waals surface area contributed by atoms with Crippen LogP contribution in [0.3, 0.4) is 0 Å². The summed E-state index contributed by atoms with van der Waals surface area (Å²) in [7, 11) is 0. The molecule has 0 bridgehead atoms. The molecule has 0 saturated carbocycles. The number of Topliss-reactive ketones (excluding diaryl/α,β-unsaturated/α-hetero) is 1. The van der Waals surface area contributed by atoms with Gasteiger partial charge in [-0.1, -0.05) is 0 Å². The van der Waals surface area contributed by atoms with Gasteiger partial charge in [0.25, 0.3) is 5.91 Å². The highest BCUT2D eigenvalue weighted by atomic mass is 16.2. The molecule has 0 radical (unpaired) electrons. The van der Waals surface area contributed by atoms with Crippen LogP contribution in [0, 0.1) is 0 Å². The molecule has 1 aliphatic heterocycles. The van der Waals surface area contributed by atoms with Crippen molar-refractivity contribution in [2.24, 2.45) is 9.98 Å². The Morgan fingerprint density at radius 2 is 1.82 bits per heavy atom. The zero-order valence-electron chi connectivity index (χ0n) is 11.7. The number of amides is 1. The first-order chi connectivity index (χ1) is 10.5. The summed E-state index contributed by atoms with van der Waals surface area (Å²) in [4.78, 5) is 42.3. The molecule has 3 rings (SSSR count). The van der Waals surface area contributed by atoms with Crippen LogP contribution in [0.2, 0.25) is 0 Å². The second kappa shape index (κ2) is 5.33. The molecule has 0 spiro atoms. The number of fused-ring (bicyclic) bond motifs is 1. The van der Waals surface area contributed by atoms with Gasteiger partial charge in [-0.25, -0.2) is 4.99 Å². The van der Waals surface area contributed by atoms with Crippen molar-refractivity contribution in [1.82, 2.24) is 0 Å². The first kappa shape index (κ1) is 13.8. The van der Waals surface area contributed by atoms with Gasteiger partial charge in [-0.3, -0.25) is 14.4 Å². The number of benzene rings is 1. The summed E-state index contributed by atoms with van der Waals surface area (Å²) in [5.41, 5.74) is 2.06. The zero-order valence-corrected chi connectivity index (χ0v) is 11.7. The van der Waals surface area contributed by atoms with E-state index in [-0.39, 0.29) is 22.9 Å². The standard InChI is InChI=1S/C16H11N3O3/c1-9(20)10-2-4-11(5-3-10)19-12-6-13-15(14(21)7-12)17-8-18-16(13)22/h2-8,19H,1H3. The predicted octanol–water partition coefficient (Wildman–Crippen LogP) is 1.70. The van der Waals surface area contributed by atoms with Crippen LogP contribution in [0.4, 0.5) is 5.69 Å². The fraction of sp³-hybridized carbons (Fsp3) is 0.0625. The maximum Gasteiger partial charge on any atom is 0.280 e. The van der Waals surface area contributed by atoms with Crippen LogP contribution >= 0.6 is 0 Å². The average molecular weight is 293 g/mol. The van der Waals surface area contributed by atoms with E-state index in [1.165, 1.54) is 19.1 Å². The summed E-state index contributed by atoms with van der Waals surface area (Å²) in [6.45, 7) is 1.49. The Kier molecular flexibility index (Phi) is 3.34. The normalized spacial score (nSPS) is 16.5. The third kappa shape index (κ3) is 2.54. The Balaban J connectivity index is 1.86. The highest BCUT2D eigenvalue weighted by Gasteiger charge is 2.27. The number of ketones is 2. The Bertz CT molecular complexity index is 812. The topological polar surface area (TPSA) is 88.0 Å². The van der Waals surface area contributed by atoms with E-state index < -0.39 is 5.91 Å². The number of carbonyl (C=O) groups is 3. The van der Waals surface area contributed by atoms with Gasteiger partial charge in [-0.15, -0.1) is 0 Å². The molecule has 6 heteroatoms. The number of rotatable bonds is 3. The van der Waals surface area contributed by atoms with Crippen molar-refractivity contribution in [2.45, 2.75) is 6.92 Å². The number of carbonyl (C=O) groups excluding carboxylic acids is 3. The van der Waals surface area contributed by atoms with E-state index >= 15 is 0 Å². The third-order valence-corrected chi connectivity index (χ3v) is 3.25. The highest BCUT2D eigenvalue weighted by molar-refractivity contribution is 6.57. The number of anilines is 1. The lowest BCUT2D eigenvalue weighted by Crippen LogP contribution is -2.26. The molecule has 0 fully saturated rings. The van der Waals surface area contributed by atoms with Crippen LogP contribution in [-0.2, 0) is 9.59 Å². The average Bonchev–Trinajstić information content (AvgIpc) is 2.49. The van der Waals surface area contributed by atoms with Crippen LogP contribution in [0.1, 0.15) is 17.3 Å². The fourth-order valence-corrected chi connectivity index (χ4v) is 2.14. The molecule has 0 aromatic heterocycles.